The third-order valence-electron chi connectivity index (χ3n) is 1.52. The summed E-state index contributed by atoms with van der Waals surface area (Å²) in [5.41, 5.74) is 1.12. The number of aromatic nitrogens is 1. The molecule has 0 fully saturated rings. The molecular formula is C8H4FNOS. The maximum Gasteiger partial charge on any atom is 0.279 e. The van der Waals surface area contributed by atoms with Crippen LogP contribution < -0.4 is 5.56 Å². The van der Waals surface area contributed by atoms with Crippen molar-refractivity contribution in [2.45, 2.75) is 0 Å². The number of rotatable bonds is 0. The topological polar surface area (TPSA) is 30.0 Å². The fraction of sp³-hybridized carbons (Fsp3) is 0. The molecular weight excluding hydrogens is 177 g/mol. The van der Waals surface area contributed by atoms with Crippen molar-refractivity contribution in [3.05, 3.63) is 39.9 Å². The summed E-state index contributed by atoms with van der Waals surface area (Å²) < 4.78 is 13.3. The predicted octanol–water partition coefficient (Wildman–Crippen LogP) is 1.80. The molecule has 2 rings (SSSR count). The van der Waals surface area contributed by atoms with Gasteiger partial charge in [0.25, 0.3) is 5.56 Å². The summed E-state index contributed by atoms with van der Waals surface area (Å²) in [5.74, 6) is -0.329. The molecule has 0 saturated heterocycles. The summed E-state index contributed by atoms with van der Waals surface area (Å²) in [5, 5.41) is 0.476. The maximum absolute atomic E-state index is 12.7. The Bertz CT molecular complexity index is 480. The molecule has 2 aromatic rings. The summed E-state index contributed by atoms with van der Waals surface area (Å²) in [6.45, 7) is 0. The second-order valence-corrected chi connectivity index (χ2v) is 3.18. The van der Waals surface area contributed by atoms with Crippen molar-refractivity contribution in [1.29, 1.82) is 0 Å². The fourth-order valence-electron chi connectivity index (χ4n) is 0.971. The van der Waals surface area contributed by atoms with E-state index in [0.29, 0.717) is 10.1 Å². The molecule has 2 nitrogen and oxygen atoms in total. The molecule has 0 radical (unpaired) electrons. The van der Waals surface area contributed by atoms with Gasteiger partial charge in [-0.25, -0.2) is 9.37 Å². The second kappa shape index (κ2) is 2.64. The lowest BCUT2D eigenvalue weighted by Gasteiger charge is -1.92. The highest BCUT2D eigenvalue weighted by molar-refractivity contribution is 7.16. The Kier molecular flexibility index (Phi) is 1.62. The number of nitrogens with zero attached hydrogens (tertiary/aromatic N) is 1. The minimum absolute atomic E-state index is 0.302. The highest BCUT2D eigenvalue weighted by Gasteiger charge is 1.99. The molecule has 1 aromatic heterocycles. The van der Waals surface area contributed by atoms with Gasteiger partial charge in [-0.2, -0.15) is 0 Å². The van der Waals surface area contributed by atoms with Gasteiger partial charge in [-0.05, 0) is 18.2 Å². The number of halogens is 1. The van der Waals surface area contributed by atoms with Crippen LogP contribution in [0.25, 0.3) is 10.1 Å². The van der Waals surface area contributed by atoms with E-state index in [0.717, 1.165) is 0 Å². The van der Waals surface area contributed by atoms with Crippen molar-refractivity contribution in [3.63, 3.8) is 0 Å². The Hall–Kier alpha value is -1.29. The SMILES string of the molecule is O=c1ncsc2cc(F)ccc12. The average Bonchev–Trinajstić information content (AvgIpc) is 2.04. The number of fused-ring (bicyclic) bond motifs is 1. The largest absolute Gasteiger partial charge is 0.279 e. The van der Waals surface area contributed by atoms with Gasteiger partial charge in [0.1, 0.15) is 5.82 Å². The van der Waals surface area contributed by atoms with Crippen LogP contribution >= 0.6 is 11.3 Å². The average molecular weight is 181 g/mol. The van der Waals surface area contributed by atoms with E-state index < -0.39 is 0 Å². The van der Waals surface area contributed by atoms with Gasteiger partial charge in [0.05, 0.1) is 10.9 Å². The van der Waals surface area contributed by atoms with Crippen molar-refractivity contribution in [3.8, 4) is 0 Å². The second-order valence-electron chi connectivity index (χ2n) is 2.30. The Morgan fingerprint density at radius 2 is 2.25 bits per heavy atom. The molecule has 0 N–H and O–H groups in total. The molecule has 0 saturated carbocycles. The van der Waals surface area contributed by atoms with Crippen LogP contribution in [0.3, 0.4) is 0 Å². The van der Waals surface area contributed by atoms with E-state index in [9.17, 15) is 9.18 Å². The molecule has 1 aromatic carbocycles. The van der Waals surface area contributed by atoms with E-state index in [-0.39, 0.29) is 11.4 Å². The Morgan fingerprint density at radius 1 is 1.42 bits per heavy atom. The Labute approximate surface area is 71.3 Å². The normalized spacial score (nSPS) is 10.4. The van der Waals surface area contributed by atoms with Crippen molar-refractivity contribution in [2.24, 2.45) is 0 Å². The van der Waals surface area contributed by atoms with Crippen LogP contribution in [0, 0.1) is 5.82 Å². The van der Waals surface area contributed by atoms with Crippen LogP contribution in [0.4, 0.5) is 4.39 Å². The van der Waals surface area contributed by atoms with Crippen LogP contribution in [-0.4, -0.2) is 4.98 Å². The Balaban J connectivity index is 2.96. The van der Waals surface area contributed by atoms with Crippen molar-refractivity contribution in [2.75, 3.05) is 0 Å². The van der Waals surface area contributed by atoms with Gasteiger partial charge in [0, 0.05) is 4.70 Å². The van der Waals surface area contributed by atoms with Crippen LogP contribution in [0.5, 0.6) is 0 Å². The van der Waals surface area contributed by atoms with Gasteiger partial charge in [-0.3, -0.25) is 4.79 Å². The first-order valence-electron chi connectivity index (χ1n) is 3.30. The lowest BCUT2D eigenvalue weighted by Crippen LogP contribution is -2.02. The van der Waals surface area contributed by atoms with Crippen LogP contribution in [0.2, 0.25) is 0 Å². The van der Waals surface area contributed by atoms with Crippen molar-refractivity contribution < 1.29 is 4.39 Å². The lowest BCUT2D eigenvalue weighted by molar-refractivity contribution is 0.630. The summed E-state index contributed by atoms with van der Waals surface area (Å²) in [6, 6.07) is 4.05. The molecule has 4 heteroatoms. The predicted molar refractivity (Wildman–Crippen MR) is 45.8 cm³/mol. The molecule has 0 bridgehead atoms. The molecule has 0 amide bonds. The summed E-state index contributed by atoms with van der Waals surface area (Å²) in [4.78, 5) is 14.6. The van der Waals surface area contributed by atoms with E-state index in [1.165, 1.54) is 35.0 Å². The van der Waals surface area contributed by atoms with Gasteiger partial charge >= 0.3 is 0 Å². The van der Waals surface area contributed by atoms with E-state index >= 15 is 0 Å². The van der Waals surface area contributed by atoms with E-state index in [2.05, 4.69) is 4.98 Å². The smallest absolute Gasteiger partial charge is 0.267 e. The molecule has 1 heterocycles. The summed E-state index contributed by atoms with van der Waals surface area (Å²) in [6.07, 6.45) is 0. The van der Waals surface area contributed by atoms with Crippen molar-refractivity contribution in [1.82, 2.24) is 4.98 Å². The van der Waals surface area contributed by atoms with Gasteiger partial charge in [0.2, 0.25) is 0 Å². The van der Waals surface area contributed by atoms with Crippen LogP contribution in [0.1, 0.15) is 0 Å². The van der Waals surface area contributed by atoms with Crippen LogP contribution in [0.15, 0.2) is 28.5 Å². The molecule has 0 atom stereocenters. The van der Waals surface area contributed by atoms with Gasteiger partial charge in [-0.15, -0.1) is 11.3 Å². The third kappa shape index (κ3) is 1.10. The first-order valence-corrected chi connectivity index (χ1v) is 4.18. The highest BCUT2D eigenvalue weighted by Crippen LogP contribution is 2.14. The standard InChI is InChI=1S/C8H4FNOS/c9-5-1-2-6-7(3-5)12-4-10-8(6)11/h1-4H. The minimum Gasteiger partial charge on any atom is -0.267 e. The van der Waals surface area contributed by atoms with E-state index in [4.69, 9.17) is 0 Å². The highest BCUT2D eigenvalue weighted by atomic mass is 32.1. The monoisotopic (exact) mass is 181 g/mol. The summed E-state index contributed by atoms with van der Waals surface area (Å²) >= 11 is 1.25. The lowest BCUT2D eigenvalue weighted by atomic mass is 10.3. The number of hydrogen-bond donors (Lipinski definition) is 0. The van der Waals surface area contributed by atoms with Gasteiger partial charge in [0.15, 0.2) is 0 Å². The molecule has 0 aliphatic rings. The van der Waals surface area contributed by atoms with E-state index in [1.54, 1.807) is 0 Å². The molecule has 0 aliphatic carbocycles. The first kappa shape index (κ1) is 7.36. The first-order chi connectivity index (χ1) is 5.77. The van der Waals surface area contributed by atoms with Gasteiger partial charge in [-0.1, -0.05) is 0 Å². The van der Waals surface area contributed by atoms with Gasteiger partial charge < -0.3 is 0 Å². The molecule has 0 unspecified atom stereocenters. The third-order valence-corrected chi connectivity index (χ3v) is 2.33. The van der Waals surface area contributed by atoms with Crippen LogP contribution in [-0.2, 0) is 0 Å². The van der Waals surface area contributed by atoms with Crippen molar-refractivity contribution >= 4 is 21.4 Å². The number of benzene rings is 1. The summed E-state index contributed by atoms with van der Waals surface area (Å²) in [7, 11) is 0. The zero-order chi connectivity index (χ0) is 8.55. The molecule has 0 spiro atoms. The minimum atomic E-state index is -0.329. The zero-order valence-electron chi connectivity index (χ0n) is 5.95. The maximum atomic E-state index is 12.7. The molecule has 60 valence electrons. The Morgan fingerprint density at radius 3 is 3.08 bits per heavy atom. The number of hydrogen-bond acceptors (Lipinski definition) is 3. The quantitative estimate of drug-likeness (QED) is 0.620. The molecule has 0 aliphatic heterocycles. The fourth-order valence-corrected chi connectivity index (χ4v) is 1.70. The zero-order valence-corrected chi connectivity index (χ0v) is 6.77. The molecule has 12 heavy (non-hydrogen) atoms. The van der Waals surface area contributed by atoms with E-state index in [1.807, 2.05) is 0 Å².